The van der Waals surface area contributed by atoms with Crippen LogP contribution in [-0.4, -0.2) is 14.8 Å². The van der Waals surface area contributed by atoms with Crippen molar-refractivity contribution < 1.29 is 4.42 Å². The van der Waals surface area contributed by atoms with Crippen LogP contribution in [-0.2, 0) is 7.05 Å². The number of aromatic nitrogens is 3. The third-order valence-corrected chi connectivity index (χ3v) is 3.37. The highest BCUT2D eigenvalue weighted by atomic mass is 16.3. The van der Waals surface area contributed by atoms with Gasteiger partial charge in [0.25, 0.3) is 0 Å². The monoisotopic (exact) mass is 264 g/mol. The quantitative estimate of drug-likeness (QED) is 0.536. The second-order valence-electron chi connectivity index (χ2n) is 4.74. The molecule has 0 radical (unpaired) electrons. The second kappa shape index (κ2) is 3.84. The first-order chi connectivity index (χ1) is 9.72. The van der Waals surface area contributed by atoms with Crippen LogP contribution in [0.1, 0.15) is 0 Å². The van der Waals surface area contributed by atoms with Gasteiger partial charge >= 0.3 is 0 Å². The molecule has 98 valence electrons. The van der Waals surface area contributed by atoms with Crippen molar-refractivity contribution in [2.24, 2.45) is 7.05 Å². The molecule has 0 bridgehead atoms. The van der Waals surface area contributed by atoms with E-state index in [0.717, 1.165) is 22.1 Å². The van der Waals surface area contributed by atoms with Crippen LogP contribution in [0.5, 0.6) is 0 Å². The first-order valence-electron chi connectivity index (χ1n) is 6.30. The molecule has 0 aliphatic heterocycles. The molecule has 4 aromatic rings. The molecule has 2 heterocycles. The second-order valence-corrected chi connectivity index (χ2v) is 4.74. The molecule has 0 amide bonds. The van der Waals surface area contributed by atoms with Gasteiger partial charge < -0.3 is 10.2 Å². The number of nitrogen functional groups attached to an aromatic ring is 1. The Balaban J connectivity index is 2.01. The summed E-state index contributed by atoms with van der Waals surface area (Å²) in [4.78, 5) is 4.48. The summed E-state index contributed by atoms with van der Waals surface area (Å²) in [6.45, 7) is 0. The number of para-hydroxylation sites is 1. The van der Waals surface area contributed by atoms with Crippen LogP contribution >= 0.6 is 0 Å². The van der Waals surface area contributed by atoms with E-state index in [9.17, 15) is 0 Å². The SMILES string of the molecule is Cn1nc(-c2nc3cc(N)ccc3o2)c2ccccc21. The van der Waals surface area contributed by atoms with Gasteiger partial charge in [-0.2, -0.15) is 5.10 Å². The summed E-state index contributed by atoms with van der Waals surface area (Å²) in [5.74, 6) is 0.516. The van der Waals surface area contributed by atoms with Gasteiger partial charge in [0.1, 0.15) is 5.52 Å². The lowest BCUT2D eigenvalue weighted by molar-refractivity contribution is 0.614. The number of hydrogen-bond donors (Lipinski definition) is 1. The number of hydrogen-bond acceptors (Lipinski definition) is 4. The number of aryl methyl sites for hydroxylation is 1. The normalized spacial score (nSPS) is 11.4. The molecule has 5 nitrogen and oxygen atoms in total. The van der Waals surface area contributed by atoms with Crippen LogP contribution in [0.15, 0.2) is 46.9 Å². The lowest BCUT2D eigenvalue weighted by atomic mass is 10.2. The summed E-state index contributed by atoms with van der Waals surface area (Å²) in [7, 11) is 1.91. The van der Waals surface area contributed by atoms with Gasteiger partial charge in [-0.25, -0.2) is 4.98 Å². The zero-order valence-electron chi connectivity index (χ0n) is 10.9. The third-order valence-electron chi connectivity index (χ3n) is 3.37. The summed E-state index contributed by atoms with van der Waals surface area (Å²) in [6.07, 6.45) is 0. The number of nitrogens with zero attached hydrogens (tertiary/aromatic N) is 3. The molecule has 0 saturated carbocycles. The summed E-state index contributed by atoms with van der Waals surface area (Å²) in [6, 6.07) is 13.4. The highest BCUT2D eigenvalue weighted by Crippen LogP contribution is 2.29. The smallest absolute Gasteiger partial charge is 0.248 e. The molecule has 5 heteroatoms. The van der Waals surface area contributed by atoms with Gasteiger partial charge in [0, 0.05) is 18.1 Å². The first kappa shape index (κ1) is 11.0. The largest absolute Gasteiger partial charge is 0.435 e. The average molecular weight is 264 g/mol. The van der Waals surface area contributed by atoms with Crippen LogP contribution < -0.4 is 5.73 Å². The zero-order chi connectivity index (χ0) is 13.7. The molecule has 0 fully saturated rings. The van der Waals surface area contributed by atoms with Gasteiger partial charge in [0.15, 0.2) is 11.3 Å². The van der Waals surface area contributed by atoms with Gasteiger partial charge in [0.2, 0.25) is 5.89 Å². The molecule has 0 spiro atoms. The summed E-state index contributed by atoms with van der Waals surface area (Å²) in [5, 5.41) is 5.53. The Bertz CT molecular complexity index is 936. The van der Waals surface area contributed by atoms with E-state index in [0.29, 0.717) is 17.2 Å². The van der Waals surface area contributed by atoms with Crippen LogP contribution in [0.3, 0.4) is 0 Å². The maximum absolute atomic E-state index is 5.79. The molecule has 0 atom stereocenters. The Morgan fingerprint density at radius 2 is 2.00 bits per heavy atom. The number of anilines is 1. The van der Waals surface area contributed by atoms with Gasteiger partial charge in [-0.1, -0.05) is 18.2 Å². The molecule has 0 aliphatic carbocycles. The van der Waals surface area contributed by atoms with E-state index in [1.165, 1.54) is 0 Å². The minimum absolute atomic E-state index is 0.516. The molecular formula is C15H12N4O. The van der Waals surface area contributed by atoms with Crippen molar-refractivity contribution in [3.8, 4) is 11.6 Å². The minimum atomic E-state index is 0.516. The van der Waals surface area contributed by atoms with E-state index >= 15 is 0 Å². The van der Waals surface area contributed by atoms with Crippen molar-refractivity contribution in [2.45, 2.75) is 0 Å². The fraction of sp³-hybridized carbons (Fsp3) is 0.0667. The Hall–Kier alpha value is -2.82. The number of rotatable bonds is 1. The maximum Gasteiger partial charge on any atom is 0.248 e. The van der Waals surface area contributed by atoms with E-state index in [2.05, 4.69) is 10.1 Å². The predicted octanol–water partition coefficient (Wildman–Crippen LogP) is 2.96. The number of nitrogens with two attached hydrogens (primary N) is 1. The first-order valence-corrected chi connectivity index (χ1v) is 6.30. The van der Waals surface area contributed by atoms with Crippen molar-refractivity contribution in [3.63, 3.8) is 0 Å². The molecule has 2 aromatic carbocycles. The molecule has 0 saturated heterocycles. The topological polar surface area (TPSA) is 69.9 Å². The van der Waals surface area contributed by atoms with Crippen LogP contribution in [0.4, 0.5) is 5.69 Å². The van der Waals surface area contributed by atoms with Gasteiger partial charge in [-0.15, -0.1) is 0 Å². The average Bonchev–Trinajstić information content (AvgIpc) is 3.00. The molecule has 0 unspecified atom stereocenters. The zero-order valence-corrected chi connectivity index (χ0v) is 10.9. The standard InChI is InChI=1S/C15H12N4O/c1-19-12-5-3-2-4-10(12)14(18-19)15-17-11-8-9(16)6-7-13(11)20-15/h2-8H,16H2,1H3. The lowest BCUT2D eigenvalue weighted by Gasteiger charge is -1.90. The summed E-state index contributed by atoms with van der Waals surface area (Å²) >= 11 is 0. The minimum Gasteiger partial charge on any atom is -0.435 e. The van der Waals surface area contributed by atoms with E-state index in [1.807, 2.05) is 42.1 Å². The van der Waals surface area contributed by atoms with Gasteiger partial charge in [-0.05, 0) is 24.3 Å². The molecule has 20 heavy (non-hydrogen) atoms. The highest BCUT2D eigenvalue weighted by molar-refractivity contribution is 5.92. The highest BCUT2D eigenvalue weighted by Gasteiger charge is 2.16. The van der Waals surface area contributed by atoms with Crippen molar-refractivity contribution in [3.05, 3.63) is 42.5 Å². The predicted molar refractivity (Wildman–Crippen MR) is 78.1 cm³/mol. The van der Waals surface area contributed by atoms with Crippen LogP contribution in [0, 0.1) is 0 Å². The van der Waals surface area contributed by atoms with E-state index < -0.39 is 0 Å². The molecule has 4 rings (SSSR count). The Labute approximate surface area is 114 Å². The van der Waals surface area contributed by atoms with E-state index in [1.54, 1.807) is 12.1 Å². The van der Waals surface area contributed by atoms with Crippen molar-refractivity contribution in [2.75, 3.05) is 5.73 Å². The number of fused-ring (bicyclic) bond motifs is 2. The Kier molecular flexibility index (Phi) is 2.12. The van der Waals surface area contributed by atoms with Gasteiger partial charge in [0.05, 0.1) is 5.52 Å². The van der Waals surface area contributed by atoms with Crippen LogP contribution in [0.25, 0.3) is 33.6 Å². The van der Waals surface area contributed by atoms with E-state index in [4.69, 9.17) is 10.2 Å². The molecule has 2 N–H and O–H groups in total. The van der Waals surface area contributed by atoms with E-state index in [-0.39, 0.29) is 0 Å². The third kappa shape index (κ3) is 1.50. The maximum atomic E-state index is 5.79. The number of oxazole rings is 1. The summed E-state index contributed by atoms with van der Waals surface area (Å²) in [5.41, 5.74) is 9.69. The summed E-state index contributed by atoms with van der Waals surface area (Å²) < 4.78 is 7.62. The van der Waals surface area contributed by atoms with Gasteiger partial charge in [-0.3, -0.25) is 4.68 Å². The van der Waals surface area contributed by atoms with Crippen molar-refractivity contribution >= 4 is 27.7 Å². The lowest BCUT2D eigenvalue weighted by Crippen LogP contribution is -1.89. The molecule has 0 aliphatic rings. The molecule has 2 aromatic heterocycles. The van der Waals surface area contributed by atoms with Crippen LogP contribution in [0.2, 0.25) is 0 Å². The fourth-order valence-electron chi connectivity index (χ4n) is 2.42. The Morgan fingerprint density at radius 3 is 2.90 bits per heavy atom. The molecular weight excluding hydrogens is 252 g/mol. The van der Waals surface area contributed by atoms with Crippen molar-refractivity contribution in [1.29, 1.82) is 0 Å². The Morgan fingerprint density at radius 1 is 1.15 bits per heavy atom. The fourth-order valence-corrected chi connectivity index (χ4v) is 2.42. The van der Waals surface area contributed by atoms with Crippen molar-refractivity contribution in [1.82, 2.24) is 14.8 Å². The number of benzene rings is 2.